The van der Waals surface area contributed by atoms with E-state index in [-0.39, 0.29) is 11.3 Å². The molecule has 1 unspecified atom stereocenters. The second-order valence-corrected chi connectivity index (χ2v) is 5.00. The molecule has 0 spiro atoms. The minimum Gasteiger partial charge on any atom is -0.338 e. The van der Waals surface area contributed by atoms with Gasteiger partial charge < -0.3 is 4.90 Å². The van der Waals surface area contributed by atoms with Gasteiger partial charge in [-0.1, -0.05) is 37.3 Å². The molecule has 1 aromatic rings. The zero-order valence-electron chi connectivity index (χ0n) is 11.3. The smallest absolute Gasteiger partial charge is 0.246 e. The summed E-state index contributed by atoms with van der Waals surface area (Å²) in [5, 5.41) is 14.1. The Bertz CT molecular complexity index is 479. The van der Waals surface area contributed by atoms with Crippen LogP contribution in [0, 0.1) is 0 Å². The van der Waals surface area contributed by atoms with Gasteiger partial charge in [-0.15, -0.1) is 10.2 Å². The average molecular weight is 261 g/mol. The van der Waals surface area contributed by atoms with E-state index < -0.39 is 0 Å². The standard InChI is InChI=1S/C13H19N5O/c1-3-4-5-6-7-11(19)18-9-8-13(2,10-18)12-14-16-17-15-12/h4-7H,3,8-10H2,1-2H3,(H,14,15,16,17)/b5-4+,7-6+. The van der Waals surface area contributed by atoms with Crippen molar-refractivity contribution >= 4 is 5.91 Å². The van der Waals surface area contributed by atoms with Gasteiger partial charge in [-0.2, -0.15) is 5.21 Å². The molecule has 1 atom stereocenters. The van der Waals surface area contributed by atoms with Crippen molar-refractivity contribution in [2.75, 3.05) is 13.1 Å². The average Bonchev–Trinajstić information content (AvgIpc) is 3.04. The molecule has 6 heteroatoms. The fourth-order valence-corrected chi connectivity index (χ4v) is 2.21. The van der Waals surface area contributed by atoms with E-state index in [9.17, 15) is 4.79 Å². The van der Waals surface area contributed by atoms with Crippen molar-refractivity contribution in [1.29, 1.82) is 0 Å². The molecule has 1 saturated heterocycles. The van der Waals surface area contributed by atoms with Crippen molar-refractivity contribution in [2.24, 2.45) is 0 Å². The van der Waals surface area contributed by atoms with Gasteiger partial charge in [0.05, 0.1) is 5.41 Å². The van der Waals surface area contributed by atoms with Crippen LogP contribution < -0.4 is 0 Å². The molecule has 1 aliphatic rings. The molecule has 1 amide bonds. The van der Waals surface area contributed by atoms with E-state index in [4.69, 9.17) is 0 Å². The number of nitrogens with zero attached hydrogens (tertiary/aromatic N) is 4. The molecule has 2 rings (SSSR count). The lowest BCUT2D eigenvalue weighted by Crippen LogP contribution is -2.32. The molecule has 1 N–H and O–H groups in total. The number of nitrogens with one attached hydrogen (secondary N) is 1. The van der Waals surface area contributed by atoms with Crippen LogP contribution in [0.1, 0.15) is 32.5 Å². The maximum atomic E-state index is 12.0. The van der Waals surface area contributed by atoms with E-state index >= 15 is 0 Å². The first kappa shape index (κ1) is 13.5. The van der Waals surface area contributed by atoms with Crippen molar-refractivity contribution in [3.8, 4) is 0 Å². The molecule has 102 valence electrons. The van der Waals surface area contributed by atoms with Gasteiger partial charge in [-0.3, -0.25) is 4.79 Å². The summed E-state index contributed by atoms with van der Waals surface area (Å²) in [5.74, 6) is 0.714. The van der Waals surface area contributed by atoms with Crippen LogP contribution in [0.4, 0.5) is 0 Å². The second kappa shape index (κ2) is 5.77. The molecule has 0 aliphatic carbocycles. The number of allylic oxidation sites excluding steroid dienone is 3. The summed E-state index contributed by atoms with van der Waals surface area (Å²) < 4.78 is 0. The molecular weight excluding hydrogens is 242 g/mol. The number of hydrogen-bond donors (Lipinski definition) is 1. The Balaban J connectivity index is 1.96. The molecule has 1 fully saturated rings. The van der Waals surface area contributed by atoms with Crippen LogP contribution in [-0.2, 0) is 10.2 Å². The molecule has 1 aliphatic heterocycles. The first-order valence-electron chi connectivity index (χ1n) is 6.52. The zero-order valence-corrected chi connectivity index (χ0v) is 11.3. The molecule has 0 bridgehead atoms. The summed E-state index contributed by atoms with van der Waals surface area (Å²) in [6.07, 6.45) is 9.13. The molecule has 6 nitrogen and oxygen atoms in total. The topological polar surface area (TPSA) is 74.8 Å². The Morgan fingerprint density at radius 1 is 1.53 bits per heavy atom. The molecule has 19 heavy (non-hydrogen) atoms. The number of aromatic amines is 1. The minimum atomic E-state index is -0.199. The first-order chi connectivity index (χ1) is 9.15. The van der Waals surface area contributed by atoms with Crippen LogP contribution >= 0.6 is 0 Å². The number of tetrazole rings is 1. The van der Waals surface area contributed by atoms with E-state index in [1.165, 1.54) is 0 Å². The van der Waals surface area contributed by atoms with Crippen LogP contribution in [0.15, 0.2) is 24.3 Å². The van der Waals surface area contributed by atoms with Crippen LogP contribution in [0.2, 0.25) is 0 Å². The van der Waals surface area contributed by atoms with Gasteiger partial charge in [0.1, 0.15) is 0 Å². The highest BCUT2D eigenvalue weighted by Gasteiger charge is 2.40. The van der Waals surface area contributed by atoms with Gasteiger partial charge in [0.15, 0.2) is 5.82 Å². The lowest BCUT2D eigenvalue weighted by Gasteiger charge is -2.20. The molecule has 0 aromatic carbocycles. The van der Waals surface area contributed by atoms with E-state index in [2.05, 4.69) is 34.5 Å². The van der Waals surface area contributed by atoms with Gasteiger partial charge in [-0.25, -0.2) is 0 Å². The van der Waals surface area contributed by atoms with Gasteiger partial charge in [0.25, 0.3) is 0 Å². The van der Waals surface area contributed by atoms with E-state index in [0.717, 1.165) is 19.4 Å². The third-order valence-corrected chi connectivity index (χ3v) is 3.39. The van der Waals surface area contributed by atoms with Gasteiger partial charge in [0, 0.05) is 19.2 Å². The minimum absolute atomic E-state index is 0.0352. The number of rotatable bonds is 4. The fraction of sp³-hybridized carbons (Fsp3) is 0.538. The van der Waals surface area contributed by atoms with Gasteiger partial charge in [0.2, 0.25) is 5.91 Å². The lowest BCUT2D eigenvalue weighted by atomic mass is 9.89. The highest BCUT2D eigenvalue weighted by atomic mass is 16.2. The maximum absolute atomic E-state index is 12.0. The molecule has 2 heterocycles. The van der Waals surface area contributed by atoms with Crippen LogP contribution in [0.3, 0.4) is 0 Å². The normalized spacial score (nSPS) is 23.8. The lowest BCUT2D eigenvalue weighted by molar-refractivity contribution is -0.125. The Hall–Kier alpha value is -1.98. The Kier molecular flexibility index (Phi) is 4.09. The Morgan fingerprint density at radius 2 is 2.37 bits per heavy atom. The number of likely N-dealkylation sites (tertiary alicyclic amines) is 1. The quantitative estimate of drug-likeness (QED) is 0.653. The third kappa shape index (κ3) is 3.07. The number of aromatic nitrogens is 4. The molecule has 0 radical (unpaired) electrons. The number of amides is 1. The van der Waals surface area contributed by atoms with Gasteiger partial charge >= 0.3 is 0 Å². The number of carbonyl (C=O) groups excluding carboxylic acids is 1. The van der Waals surface area contributed by atoms with Crippen LogP contribution in [0.5, 0.6) is 0 Å². The molecule has 1 aromatic heterocycles. The highest BCUT2D eigenvalue weighted by Crippen LogP contribution is 2.31. The summed E-state index contributed by atoms with van der Waals surface area (Å²) >= 11 is 0. The largest absolute Gasteiger partial charge is 0.338 e. The predicted octanol–water partition coefficient (Wildman–Crippen LogP) is 1.21. The summed E-state index contributed by atoms with van der Waals surface area (Å²) in [4.78, 5) is 13.8. The number of hydrogen-bond acceptors (Lipinski definition) is 4. The van der Waals surface area contributed by atoms with E-state index in [0.29, 0.717) is 12.4 Å². The predicted molar refractivity (Wildman–Crippen MR) is 71.3 cm³/mol. The maximum Gasteiger partial charge on any atom is 0.246 e. The highest BCUT2D eigenvalue weighted by molar-refractivity contribution is 5.88. The second-order valence-electron chi connectivity index (χ2n) is 5.00. The Labute approximate surface area is 112 Å². The summed E-state index contributed by atoms with van der Waals surface area (Å²) in [6.45, 7) is 5.48. The van der Waals surface area contributed by atoms with Crippen molar-refractivity contribution in [3.63, 3.8) is 0 Å². The van der Waals surface area contributed by atoms with Crippen molar-refractivity contribution in [3.05, 3.63) is 30.1 Å². The third-order valence-electron chi connectivity index (χ3n) is 3.39. The zero-order chi connectivity index (χ0) is 13.7. The van der Waals surface area contributed by atoms with Crippen LogP contribution in [-0.4, -0.2) is 44.5 Å². The first-order valence-corrected chi connectivity index (χ1v) is 6.52. The van der Waals surface area contributed by atoms with E-state index in [1.807, 2.05) is 17.1 Å². The fourth-order valence-electron chi connectivity index (χ4n) is 2.21. The summed E-state index contributed by atoms with van der Waals surface area (Å²) in [7, 11) is 0. The monoisotopic (exact) mass is 261 g/mol. The summed E-state index contributed by atoms with van der Waals surface area (Å²) in [6, 6.07) is 0. The number of carbonyl (C=O) groups is 1. The van der Waals surface area contributed by atoms with E-state index in [1.54, 1.807) is 12.2 Å². The van der Waals surface area contributed by atoms with Gasteiger partial charge in [-0.05, 0) is 12.8 Å². The van der Waals surface area contributed by atoms with Crippen molar-refractivity contribution < 1.29 is 4.79 Å². The Morgan fingerprint density at radius 3 is 3.05 bits per heavy atom. The molecule has 0 saturated carbocycles. The number of H-pyrrole nitrogens is 1. The SMILES string of the molecule is CC/C=C/C=C/C(=O)N1CCC(C)(c2nn[nH]n2)C1. The van der Waals surface area contributed by atoms with Crippen molar-refractivity contribution in [2.45, 2.75) is 32.1 Å². The molecular formula is C13H19N5O. The van der Waals surface area contributed by atoms with Crippen molar-refractivity contribution in [1.82, 2.24) is 25.5 Å². The van der Waals surface area contributed by atoms with Crippen LogP contribution in [0.25, 0.3) is 0 Å². The summed E-state index contributed by atoms with van der Waals surface area (Å²) in [5.41, 5.74) is -0.199.